The zero-order valence-corrected chi connectivity index (χ0v) is 7.50. The summed E-state index contributed by atoms with van der Waals surface area (Å²) < 4.78 is 0.752. The number of halogens is 1. The van der Waals surface area contributed by atoms with Crippen molar-refractivity contribution >= 4 is 28.3 Å². The van der Waals surface area contributed by atoms with Gasteiger partial charge in [0, 0.05) is 22.5 Å². The van der Waals surface area contributed by atoms with E-state index in [9.17, 15) is 0 Å². The van der Waals surface area contributed by atoms with Gasteiger partial charge in [-0.1, -0.05) is 22.6 Å². The Kier molecular flexibility index (Phi) is 2.80. The predicted octanol–water partition coefficient (Wildman–Crippen LogP) is 1.88. The second-order valence-corrected chi connectivity index (χ2v) is 2.61. The molecule has 10 heavy (non-hydrogen) atoms. The lowest BCUT2D eigenvalue weighted by atomic mass is 10.2. The fourth-order valence-corrected chi connectivity index (χ4v) is 1.07. The highest BCUT2D eigenvalue weighted by Gasteiger charge is 1.95. The Morgan fingerprint density at radius 1 is 1.50 bits per heavy atom. The number of pyridine rings is 1. The minimum absolute atomic E-state index is 0.656. The fraction of sp³-hybridized carbons (Fsp3) is 0.143. The van der Waals surface area contributed by atoms with Crippen LogP contribution < -0.4 is 0 Å². The third-order valence-electron chi connectivity index (χ3n) is 1.16. The normalized spacial score (nSPS) is 9.30. The fourth-order valence-electron chi connectivity index (χ4n) is 0.630. The van der Waals surface area contributed by atoms with E-state index in [1.54, 1.807) is 12.4 Å². The van der Waals surface area contributed by atoms with Gasteiger partial charge in [0.25, 0.3) is 0 Å². The van der Waals surface area contributed by atoms with Gasteiger partial charge in [0.1, 0.15) is 0 Å². The average Bonchev–Trinajstić information content (AvgIpc) is 2.05. The summed E-state index contributed by atoms with van der Waals surface area (Å²) in [5, 5.41) is 7.44. The quantitative estimate of drug-likeness (QED) is 0.482. The number of nitrogens with one attached hydrogen (secondary N) is 1. The Morgan fingerprint density at radius 2 is 2.10 bits per heavy atom. The van der Waals surface area contributed by atoms with Gasteiger partial charge in [-0.05, 0) is 17.7 Å². The van der Waals surface area contributed by atoms with Crippen molar-refractivity contribution in [2.45, 2.75) is 0 Å². The van der Waals surface area contributed by atoms with Gasteiger partial charge in [-0.2, -0.15) is 0 Å². The molecule has 0 fully saturated rings. The highest BCUT2D eigenvalue weighted by atomic mass is 127. The van der Waals surface area contributed by atoms with Crippen molar-refractivity contribution in [3.63, 3.8) is 0 Å². The maximum Gasteiger partial charge on any atom is 0.0484 e. The van der Waals surface area contributed by atoms with Gasteiger partial charge in [-0.15, -0.1) is 0 Å². The lowest BCUT2D eigenvalue weighted by molar-refractivity contribution is 1.31. The Hall–Kier alpha value is -0.450. The van der Waals surface area contributed by atoms with E-state index in [0.29, 0.717) is 5.71 Å². The molecule has 1 rings (SSSR count). The highest BCUT2D eigenvalue weighted by Crippen LogP contribution is 1.99. The van der Waals surface area contributed by atoms with Crippen LogP contribution in [0.4, 0.5) is 0 Å². The van der Waals surface area contributed by atoms with E-state index < -0.39 is 0 Å². The summed E-state index contributed by atoms with van der Waals surface area (Å²) in [5.41, 5.74) is 1.62. The van der Waals surface area contributed by atoms with Crippen molar-refractivity contribution in [2.75, 3.05) is 4.43 Å². The van der Waals surface area contributed by atoms with Crippen LogP contribution in [0.1, 0.15) is 5.56 Å². The van der Waals surface area contributed by atoms with Crippen LogP contribution in [0.3, 0.4) is 0 Å². The predicted molar refractivity (Wildman–Crippen MR) is 50.0 cm³/mol. The largest absolute Gasteiger partial charge is 0.304 e. The Labute approximate surface area is 73.3 Å². The SMILES string of the molecule is N=C(CI)c1ccncc1. The summed E-state index contributed by atoms with van der Waals surface area (Å²) in [6.45, 7) is 0. The molecule has 0 spiro atoms. The van der Waals surface area contributed by atoms with E-state index in [-0.39, 0.29) is 0 Å². The van der Waals surface area contributed by atoms with E-state index in [2.05, 4.69) is 27.6 Å². The van der Waals surface area contributed by atoms with Crippen LogP contribution in [-0.2, 0) is 0 Å². The summed E-state index contributed by atoms with van der Waals surface area (Å²) in [6.07, 6.45) is 3.41. The van der Waals surface area contributed by atoms with Crippen LogP contribution in [0.25, 0.3) is 0 Å². The minimum atomic E-state index is 0.656. The van der Waals surface area contributed by atoms with Crippen LogP contribution in [0.5, 0.6) is 0 Å². The highest BCUT2D eigenvalue weighted by molar-refractivity contribution is 14.1. The zero-order chi connectivity index (χ0) is 7.40. The minimum Gasteiger partial charge on any atom is -0.304 e. The average molecular weight is 246 g/mol. The van der Waals surface area contributed by atoms with E-state index >= 15 is 0 Å². The summed E-state index contributed by atoms with van der Waals surface area (Å²) in [6, 6.07) is 3.70. The van der Waals surface area contributed by atoms with Crippen molar-refractivity contribution in [2.24, 2.45) is 0 Å². The van der Waals surface area contributed by atoms with E-state index in [0.717, 1.165) is 9.99 Å². The first-order valence-corrected chi connectivity index (χ1v) is 4.41. The van der Waals surface area contributed by atoms with Crippen molar-refractivity contribution in [1.29, 1.82) is 5.41 Å². The molecule has 3 heteroatoms. The third-order valence-corrected chi connectivity index (χ3v) is 1.93. The molecule has 1 aromatic rings. The molecule has 0 aliphatic heterocycles. The van der Waals surface area contributed by atoms with Crippen molar-refractivity contribution < 1.29 is 0 Å². The molecular weight excluding hydrogens is 239 g/mol. The molecule has 0 radical (unpaired) electrons. The molecule has 52 valence electrons. The maximum absolute atomic E-state index is 7.44. The van der Waals surface area contributed by atoms with Crippen molar-refractivity contribution in [1.82, 2.24) is 4.98 Å². The number of hydrogen-bond donors (Lipinski definition) is 1. The van der Waals surface area contributed by atoms with Crippen molar-refractivity contribution in [3.8, 4) is 0 Å². The molecule has 0 aliphatic carbocycles. The zero-order valence-electron chi connectivity index (χ0n) is 5.34. The molecule has 0 aromatic carbocycles. The van der Waals surface area contributed by atoms with E-state index in [1.807, 2.05) is 12.1 Å². The van der Waals surface area contributed by atoms with Gasteiger partial charge < -0.3 is 5.41 Å². The molecule has 1 heterocycles. The van der Waals surface area contributed by atoms with E-state index in [4.69, 9.17) is 5.41 Å². The third kappa shape index (κ3) is 1.76. The van der Waals surface area contributed by atoms with Gasteiger partial charge in [0.05, 0.1) is 0 Å². The van der Waals surface area contributed by atoms with Gasteiger partial charge >= 0.3 is 0 Å². The summed E-state index contributed by atoms with van der Waals surface area (Å²) >= 11 is 2.17. The number of hydrogen-bond acceptors (Lipinski definition) is 2. The van der Waals surface area contributed by atoms with Crippen LogP contribution in [-0.4, -0.2) is 15.1 Å². The Morgan fingerprint density at radius 3 is 2.60 bits per heavy atom. The molecule has 1 N–H and O–H groups in total. The Bertz CT molecular complexity index is 220. The summed E-state index contributed by atoms with van der Waals surface area (Å²) in [7, 11) is 0. The summed E-state index contributed by atoms with van der Waals surface area (Å²) in [4.78, 5) is 3.86. The smallest absolute Gasteiger partial charge is 0.0484 e. The molecular formula is C7H7IN2. The topological polar surface area (TPSA) is 36.7 Å². The van der Waals surface area contributed by atoms with Crippen LogP contribution in [0.15, 0.2) is 24.5 Å². The number of nitrogens with zero attached hydrogens (tertiary/aromatic N) is 1. The molecule has 0 amide bonds. The molecule has 1 aromatic heterocycles. The van der Waals surface area contributed by atoms with Gasteiger partial charge in [0.15, 0.2) is 0 Å². The molecule has 0 unspecified atom stereocenters. The first-order chi connectivity index (χ1) is 4.84. The maximum atomic E-state index is 7.44. The molecule has 0 saturated heterocycles. The lowest BCUT2D eigenvalue weighted by Gasteiger charge is -1.96. The van der Waals surface area contributed by atoms with Crippen LogP contribution in [0, 0.1) is 5.41 Å². The molecule has 0 aliphatic rings. The number of alkyl halides is 1. The van der Waals surface area contributed by atoms with Crippen molar-refractivity contribution in [3.05, 3.63) is 30.1 Å². The summed E-state index contributed by atoms with van der Waals surface area (Å²) in [5.74, 6) is 0. The second-order valence-electron chi connectivity index (χ2n) is 1.85. The number of rotatable bonds is 2. The Balaban J connectivity index is 2.85. The lowest BCUT2D eigenvalue weighted by Crippen LogP contribution is -1.98. The molecule has 0 bridgehead atoms. The second kappa shape index (κ2) is 3.65. The van der Waals surface area contributed by atoms with Crippen LogP contribution in [0.2, 0.25) is 0 Å². The molecule has 2 nitrogen and oxygen atoms in total. The first kappa shape index (κ1) is 7.65. The molecule has 0 atom stereocenters. The van der Waals surface area contributed by atoms with Gasteiger partial charge in [-0.3, -0.25) is 4.98 Å². The standard InChI is InChI=1S/C7H7IN2/c8-5-7(9)6-1-3-10-4-2-6/h1-4,9H,5H2. The van der Waals surface area contributed by atoms with Gasteiger partial charge in [0.2, 0.25) is 0 Å². The van der Waals surface area contributed by atoms with E-state index in [1.165, 1.54) is 0 Å². The van der Waals surface area contributed by atoms with Crippen LogP contribution >= 0.6 is 22.6 Å². The monoisotopic (exact) mass is 246 g/mol. The number of aromatic nitrogens is 1. The first-order valence-electron chi connectivity index (χ1n) is 2.88. The molecule has 0 saturated carbocycles. The van der Waals surface area contributed by atoms with Gasteiger partial charge in [-0.25, -0.2) is 0 Å².